The van der Waals surface area contributed by atoms with E-state index >= 15 is 0 Å². The van der Waals surface area contributed by atoms with Gasteiger partial charge in [0, 0.05) is 25.0 Å². The van der Waals surface area contributed by atoms with Gasteiger partial charge in [0.05, 0.1) is 12.7 Å². The van der Waals surface area contributed by atoms with E-state index in [-0.39, 0.29) is 0 Å². The van der Waals surface area contributed by atoms with Gasteiger partial charge in [0.2, 0.25) is 0 Å². The Labute approximate surface area is 95.1 Å². The largest absolute Gasteiger partial charge is 0.375 e. The van der Waals surface area contributed by atoms with E-state index in [1.54, 1.807) is 0 Å². The number of morpholine rings is 1. The minimum Gasteiger partial charge on any atom is -0.375 e. The average Bonchev–Trinajstić information content (AvgIpc) is 2.71. The summed E-state index contributed by atoms with van der Waals surface area (Å²) < 4.78 is 5.63. The maximum absolute atomic E-state index is 5.63. The molecule has 0 radical (unpaired) electrons. The van der Waals surface area contributed by atoms with Crippen molar-refractivity contribution in [3.05, 3.63) is 0 Å². The Kier molecular flexibility index (Phi) is 4.26. The van der Waals surface area contributed by atoms with Gasteiger partial charge in [-0.3, -0.25) is 4.90 Å². The van der Waals surface area contributed by atoms with E-state index < -0.39 is 0 Å². The monoisotopic (exact) mass is 261 g/mol. The third-order valence-electron chi connectivity index (χ3n) is 3.39. The van der Waals surface area contributed by atoms with Crippen molar-refractivity contribution in [3.63, 3.8) is 0 Å². The third kappa shape index (κ3) is 2.94. The highest BCUT2D eigenvalue weighted by molar-refractivity contribution is 9.09. The summed E-state index contributed by atoms with van der Waals surface area (Å²) in [5.41, 5.74) is 0. The van der Waals surface area contributed by atoms with E-state index in [1.807, 2.05) is 0 Å². The fourth-order valence-corrected chi connectivity index (χ4v) is 2.99. The number of hydrogen-bond donors (Lipinski definition) is 0. The molecule has 0 aromatic carbocycles. The predicted octanol–water partition coefficient (Wildman–Crippen LogP) is 2.27. The van der Waals surface area contributed by atoms with Crippen LogP contribution in [0.1, 0.15) is 25.7 Å². The SMILES string of the molecule is BrCC1CN(CC2CCCC2)CCO1. The van der Waals surface area contributed by atoms with Crippen molar-refractivity contribution in [1.82, 2.24) is 4.90 Å². The van der Waals surface area contributed by atoms with Crippen molar-refractivity contribution in [1.29, 1.82) is 0 Å². The fraction of sp³-hybridized carbons (Fsp3) is 1.00. The van der Waals surface area contributed by atoms with Crippen molar-refractivity contribution >= 4 is 15.9 Å². The third-order valence-corrected chi connectivity index (χ3v) is 4.11. The lowest BCUT2D eigenvalue weighted by atomic mass is 10.1. The van der Waals surface area contributed by atoms with Crippen LogP contribution in [-0.2, 0) is 4.74 Å². The van der Waals surface area contributed by atoms with Crippen LogP contribution in [0.2, 0.25) is 0 Å². The molecule has 0 amide bonds. The Balaban J connectivity index is 1.73. The van der Waals surface area contributed by atoms with Crippen LogP contribution < -0.4 is 0 Å². The molecule has 1 atom stereocenters. The minimum atomic E-state index is 0.421. The summed E-state index contributed by atoms with van der Waals surface area (Å²) in [5, 5.41) is 0.980. The zero-order chi connectivity index (χ0) is 9.80. The van der Waals surface area contributed by atoms with Crippen LogP contribution in [0.4, 0.5) is 0 Å². The van der Waals surface area contributed by atoms with Crippen LogP contribution in [0, 0.1) is 5.92 Å². The Morgan fingerprint density at radius 1 is 1.29 bits per heavy atom. The van der Waals surface area contributed by atoms with Gasteiger partial charge in [-0.05, 0) is 18.8 Å². The molecule has 1 saturated heterocycles. The maximum Gasteiger partial charge on any atom is 0.0799 e. The Hall–Kier alpha value is 0.400. The van der Waals surface area contributed by atoms with Crippen molar-refractivity contribution in [2.24, 2.45) is 5.92 Å². The number of rotatable bonds is 3. The molecule has 1 unspecified atom stereocenters. The standard InChI is InChI=1S/C11H20BrNO/c12-7-11-9-13(5-6-14-11)8-10-3-1-2-4-10/h10-11H,1-9H2. The normalized spacial score (nSPS) is 31.1. The number of alkyl halides is 1. The molecule has 1 saturated carbocycles. The first-order valence-corrected chi connectivity index (χ1v) is 6.90. The summed E-state index contributed by atoms with van der Waals surface area (Å²) >= 11 is 3.50. The summed E-state index contributed by atoms with van der Waals surface area (Å²) in [7, 11) is 0. The van der Waals surface area contributed by atoms with Crippen LogP contribution in [-0.4, -0.2) is 42.6 Å². The van der Waals surface area contributed by atoms with E-state index in [0.29, 0.717) is 6.10 Å². The quantitative estimate of drug-likeness (QED) is 0.723. The zero-order valence-corrected chi connectivity index (χ0v) is 10.3. The van der Waals surface area contributed by atoms with Gasteiger partial charge in [-0.2, -0.15) is 0 Å². The van der Waals surface area contributed by atoms with Gasteiger partial charge in [-0.1, -0.05) is 28.8 Å². The smallest absolute Gasteiger partial charge is 0.0799 e. The molecule has 0 spiro atoms. The highest BCUT2D eigenvalue weighted by Crippen LogP contribution is 2.26. The van der Waals surface area contributed by atoms with Crippen molar-refractivity contribution in [2.45, 2.75) is 31.8 Å². The second-order valence-corrected chi connectivity index (χ2v) is 5.20. The summed E-state index contributed by atoms with van der Waals surface area (Å²) in [6.45, 7) is 4.50. The van der Waals surface area contributed by atoms with Gasteiger partial charge in [0.15, 0.2) is 0 Å². The molecular formula is C11H20BrNO. The lowest BCUT2D eigenvalue weighted by Crippen LogP contribution is -2.44. The first-order chi connectivity index (χ1) is 6.88. The molecule has 14 heavy (non-hydrogen) atoms. The first-order valence-electron chi connectivity index (χ1n) is 5.78. The van der Waals surface area contributed by atoms with Gasteiger partial charge in [0.25, 0.3) is 0 Å². The number of hydrogen-bond acceptors (Lipinski definition) is 2. The maximum atomic E-state index is 5.63. The van der Waals surface area contributed by atoms with Gasteiger partial charge in [0.1, 0.15) is 0 Å². The summed E-state index contributed by atoms with van der Waals surface area (Å²) in [6, 6.07) is 0. The molecule has 1 aliphatic carbocycles. The molecule has 2 nitrogen and oxygen atoms in total. The van der Waals surface area contributed by atoms with Crippen molar-refractivity contribution < 1.29 is 4.74 Å². The van der Waals surface area contributed by atoms with Crippen molar-refractivity contribution in [2.75, 3.05) is 31.6 Å². The van der Waals surface area contributed by atoms with Crippen LogP contribution in [0.5, 0.6) is 0 Å². The van der Waals surface area contributed by atoms with Crippen LogP contribution in [0.3, 0.4) is 0 Å². The summed E-state index contributed by atoms with van der Waals surface area (Å²) in [5.74, 6) is 0.976. The highest BCUT2D eigenvalue weighted by Gasteiger charge is 2.23. The van der Waals surface area contributed by atoms with Gasteiger partial charge in [-0.15, -0.1) is 0 Å². The summed E-state index contributed by atoms with van der Waals surface area (Å²) in [6.07, 6.45) is 6.24. The predicted molar refractivity (Wildman–Crippen MR) is 61.9 cm³/mol. The lowest BCUT2D eigenvalue weighted by molar-refractivity contribution is -0.0197. The Morgan fingerprint density at radius 3 is 2.79 bits per heavy atom. The molecule has 0 aromatic rings. The van der Waals surface area contributed by atoms with Gasteiger partial charge >= 0.3 is 0 Å². The Bertz CT molecular complexity index is 171. The molecule has 0 N–H and O–H groups in total. The lowest BCUT2D eigenvalue weighted by Gasteiger charge is -2.33. The van der Waals surface area contributed by atoms with Crippen LogP contribution in [0.15, 0.2) is 0 Å². The molecule has 0 aromatic heterocycles. The number of ether oxygens (including phenoxy) is 1. The van der Waals surface area contributed by atoms with Gasteiger partial charge in [-0.25, -0.2) is 0 Å². The highest BCUT2D eigenvalue weighted by atomic mass is 79.9. The Morgan fingerprint density at radius 2 is 2.07 bits per heavy atom. The molecule has 2 rings (SSSR count). The molecule has 1 heterocycles. The van der Waals surface area contributed by atoms with E-state index in [2.05, 4.69) is 20.8 Å². The molecule has 0 bridgehead atoms. The van der Waals surface area contributed by atoms with Crippen LogP contribution >= 0.6 is 15.9 Å². The number of halogens is 1. The molecule has 2 aliphatic rings. The second kappa shape index (κ2) is 5.47. The molecular weight excluding hydrogens is 242 g/mol. The van der Waals surface area contributed by atoms with Gasteiger partial charge < -0.3 is 4.74 Å². The summed E-state index contributed by atoms with van der Waals surface area (Å²) in [4.78, 5) is 2.59. The molecule has 3 heteroatoms. The zero-order valence-electron chi connectivity index (χ0n) is 8.75. The second-order valence-electron chi connectivity index (χ2n) is 4.56. The fourth-order valence-electron chi connectivity index (χ4n) is 2.60. The molecule has 2 fully saturated rings. The van der Waals surface area contributed by atoms with E-state index in [1.165, 1.54) is 32.2 Å². The van der Waals surface area contributed by atoms with Crippen LogP contribution in [0.25, 0.3) is 0 Å². The van der Waals surface area contributed by atoms with E-state index in [4.69, 9.17) is 4.74 Å². The first kappa shape index (κ1) is 10.9. The van der Waals surface area contributed by atoms with Crippen molar-refractivity contribution in [3.8, 4) is 0 Å². The van der Waals surface area contributed by atoms with E-state index in [0.717, 1.165) is 30.9 Å². The average molecular weight is 262 g/mol. The number of nitrogens with zero attached hydrogens (tertiary/aromatic N) is 1. The topological polar surface area (TPSA) is 12.5 Å². The molecule has 1 aliphatic heterocycles. The molecule has 82 valence electrons. The van der Waals surface area contributed by atoms with E-state index in [9.17, 15) is 0 Å². The minimum absolute atomic E-state index is 0.421.